The molecule has 1 aliphatic rings. The van der Waals surface area contributed by atoms with Crippen LogP contribution in [0.5, 0.6) is 0 Å². The Morgan fingerprint density at radius 3 is 2.48 bits per heavy atom. The Labute approximate surface area is 172 Å². The minimum Gasteiger partial charge on any atom is -0.459 e. The number of nitrogens with one attached hydrogen (secondary N) is 1. The molecule has 0 saturated carbocycles. The molecule has 150 valence electrons. The number of furan rings is 1. The molecule has 3 heterocycles. The fraction of sp³-hybridized carbons (Fsp3) is 0.273. The van der Waals surface area contributed by atoms with Crippen molar-refractivity contribution >= 4 is 23.2 Å². The average Bonchev–Trinajstić information content (AvgIpc) is 3.46. The summed E-state index contributed by atoms with van der Waals surface area (Å²) in [6.45, 7) is 1.02. The van der Waals surface area contributed by atoms with Gasteiger partial charge < -0.3 is 14.6 Å². The molecule has 29 heavy (non-hydrogen) atoms. The number of likely N-dealkylation sites (tertiary alicyclic amines) is 1. The van der Waals surface area contributed by atoms with Crippen molar-refractivity contribution in [2.75, 3.05) is 13.1 Å². The highest BCUT2D eigenvalue weighted by molar-refractivity contribution is 7.10. The number of amides is 2. The lowest BCUT2D eigenvalue weighted by molar-refractivity contribution is -0.126. The number of halogens is 1. The maximum Gasteiger partial charge on any atom is 0.289 e. The molecule has 1 saturated heterocycles. The lowest BCUT2D eigenvalue weighted by Crippen LogP contribution is -2.43. The second kappa shape index (κ2) is 8.61. The van der Waals surface area contributed by atoms with Crippen LogP contribution in [0.25, 0.3) is 0 Å². The number of rotatable bonds is 5. The summed E-state index contributed by atoms with van der Waals surface area (Å²) in [4.78, 5) is 28.0. The normalized spacial score (nSPS) is 15.8. The first-order chi connectivity index (χ1) is 14.1. The van der Waals surface area contributed by atoms with E-state index in [-0.39, 0.29) is 29.6 Å². The van der Waals surface area contributed by atoms with Crippen LogP contribution >= 0.6 is 11.3 Å². The summed E-state index contributed by atoms with van der Waals surface area (Å²) >= 11 is 1.55. The van der Waals surface area contributed by atoms with Gasteiger partial charge in [-0.15, -0.1) is 11.3 Å². The minimum atomic E-state index is -0.314. The van der Waals surface area contributed by atoms with E-state index >= 15 is 0 Å². The Morgan fingerprint density at radius 1 is 1.10 bits per heavy atom. The van der Waals surface area contributed by atoms with E-state index < -0.39 is 0 Å². The Balaban J connectivity index is 1.41. The van der Waals surface area contributed by atoms with Crippen molar-refractivity contribution in [3.63, 3.8) is 0 Å². The van der Waals surface area contributed by atoms with Gasteiger partial charge in [-0.1, -0.05) is 18.2 Å². The second-order valence-electron chi connectivity index (χ2n) is 7.05. The molecule has 0 spiro atoms. The van der Waals surface area contributed by atoms with Crippen molar-refractivity contribution in [3.8, 4) is 0 Å². The molecule has 5 nitrogen and oxygen atoms in total. The molecule has 7 heteroatoms. The Morgan fingerprint density at radius 2 is 1.86 bits per heavy atom. The summed E-state index contributed by atoms with van der Waals surface area (Å²) in [5, 5.41) is 5.08. The molecule has 1 aromatic carbocycles. The minimum absolute atomic E-state index is 0.0437. The molecule has 1 atom stereocenters. The lowest BCUT2D eigenvalue weighted by Gasteiger charge is -2.31. The molecule has 2 amide bonds. The van der Waals surface area contributed by atoms with Gasteiger partial charge in [-0.25, -0.2) is 4.39 Å². The van der Waals surface area contributed by atoms with Crippen LogP contribution in [-0.2, 0) is 4.79 Å². The molecule has 1 unspecified atom stereocenters. The summed E-state index contributed by atoms with van der Waals surface area (Å²) in [7, 11) is 0. The first-order valence-corrected chi connectivity index (χ1v) is 10.4. The molecule has 0 radical (unpaired) electrons. The van der Waals surface area contributed by atoms with Gasteiger partial charge in [0.05, 0.1) is 12.3 Å². The summed E-state index contributed by atoms with van der Waals surface area (Å²) < 4.78 is 18.5. The van der Waals surface area contributed by atoms with Crippen molar-refractivity contribution in [1.82, 2.24) is 10.2 Å². The zero-order valence-electron chi connectivity index (χ0n) is 15.7. The number of piperidine rings is 1. The van der Waals surface area contributed by atoms with Crippen molar-refractivity contribution < 1.29 is 18.4 Å². The Kier molecular flexibility index (Phi) is 5.76. The van der Waals surface area contributed by atoms with E-state index in [4.69, 9.17) is 4.42 Å². The van der Waals surface area contributed by atoms with Gasteiger partial charge in [-0.2, -0.15) is 0 Å². The number of benzene rings is 1. The number of hydrogen-bond donors (Lipinski definition) is 1. The van der Waals surface area contributed by atoms with Crippen molar-refractivity contribution in [2.45, 2.75) is 18.9 Å². The van der Waals surface area contributed by atoms with Gasteiger partial charge in [0.15, 0.2) is 5.76 Å². The van der Waals surface area contributed by atoms with Crippen LogP contribution in [0.4, 0.5) is 4.39 Å². The van der Waals surface area contributed by atoms with E-state index in [1.54, 1.807) is 40.5 Å². The van der Waals surface area contributed by atoms with Crippen molar-refractivity contribution in [3.05, 3.63) is 82.2 Å². The van der Waals surface area contributed by atoms with Crippen LogP contribution in [0, 0.1) is 11.7 Å². The number of thiophene rings is 1. The van der Waals surface area contributed by atoms with Crippen LogP contribution in [0.15, 0.2) is 64.6 Å². The summed E-state index contributed by atoms with van der Waals surface area (Å²) in [5.74, 6) is -0.339. The van der Waals surface area contributed by atoms with Gasteiger partial charge >= 0.3 is 0 Å². The third kappa shape index (κ3) is 4.40. The molecular weight excluding hydrogens is 391 g/mol. The van der Waals surface area contributed by atoms with Crippen LogP contribution < -0.4 is 5.32 Å². The van der Waals surface area contributed by atoms with E-state index in [2.05, 4.69) is 5.32 Å². The summed E-state index contributed by atoms with van der Waals surface area (Å²) in [6.07, 6.45) is 2.67. The van der Waals surface area contributed by atoms with E-state index in [1.807, 2.05) is 17.5 Å². The van der Waals surface area contributed by atoms with Crippen molar-refractivity contribution in [2.24, 2.45) is 5.92 Å². The molecule has 2 aromatic heterocycles. The van der Waals surface area contributed by atoms with Gasteiger partial charge in [-0.05, 0) is 54.1 Å². The van der Waals surface area contributed by atoms with Gasteiger partial charge in [0.25, 0.3) is 5.91 Å². The third-order valence-corrected chi connectivity index (χ3v) is 6.14. The maximum atomic E-state index is 13.3. The van der Waals surface area contributed by atoms with Crippen molar-refractivity contribution in [1.29, 1.82) is 0 Å². The van der Waals surface area contributed by atoms with Gasteiger partial charge in [-0.3, -0.25) is 9.59 Å². The fourth-order valence-electron chi connectivity index (χ4n) is 3.59. The monoisotopic (exact) mass is 412 g/mol. The van der Waals surface area contributed by atoms with Crippen LogP contribution in [0.1, 0.15) is 39.9 Å². The first kappa shape index (κ1) is 19.4. The average molecular weight is 412 g/mol. The number of carbonyl (C=O) groups is 2. The number of nitrogens with zero attached hydrogens (tertiary/aromatic N) is 1. The highest BCUT2D eigenvalue weighted by Gasteiger charge is 2.30. The van der Waals surface area contributed by atoms with Crippen LogP contribution in [0.2, 0.25) is 0 Å². The number of hydrogen-bond acceptors (Lipinski definition) is 4. The second-order valence-corrected chi connectivity index (χ2v) is 8.03. The molecule has 1 N–H and O–H groups in total. The Bertz CT molecular complexity index is 947. The first-order valence-electron chi connectivity index (χ1n) is 9.54. The van der Waals surface area contributed by atoms with Crippen LogP contribution in [0.3, 0.4) is 0 Å². The quantitative estimate of drug-likeness (QED) is 0.682. The fourth-order valence-corrected chi connectivity index (χ4v) is 4.39. The highest BCUT2D eigenvalue weighted by Crippen LogP contribution is 2.28. The van der Waals surface area contributed by atoms with E-state index in [0.29, 0.717) is 31.7 Å². The van der Waals surface area contributed by atoms with Gasteiger partial charge in [0.2, 0.25) is 5.91 Å². The SMILES string of the molecule is O=C(NC(c1ccc(F)cc1)c1cccs1)C1CCN(C(=O)c2ccco2)CC1. The summed E-state index contributed by atoms with van der Waals surface area (Å²) in [6, 6.07) is 13.1. The zero-order chi connectivity index (χ0) is 20.2. The van der Waals surface area contributed by atoms with E-state index in [9.17, 15) is 14.0 Å². The maximum absolute atomic E-state index is 13.3. The van der Waals surface area contributed by atoms with E-state index in [1.165, 1.54) is 18.4 Å². The number of carbonyl (C=O) groups excluding carboxylic acids is 2. The molecule has 1 aliphatic heterocycles. The molecule has 4 rings (SSSR count). The summed E-state index contributed by atoms with van der Waals surface area (Å²) in [5.41, 5.74) is 0.840. The molecule has 1 fully saturated rings. The molecule has 0 aliphatic carbocycles. The highest BCUT2D eigenvalue weighted by atomic mass is 32.1. The van der Waals surface area contributed by atoms with Crippen LogP contribution in [-0.4, -0.2) is 29.8 Å². The van der Waals surface area contributed by atoms with Gasteiger partial charge in [0, 0.05) is 23.9 Å². The predicted octanol–water partition coefficient (Wildman–Crippen LogP) is 4.24. The molecule has 3 aromatic rings. The predicted molar refractivity (Wildman–Crippen MR) is 108 cm³/mol. The Hall–Kier alpha value is -2.93. The third-order valence-electron chi connectivity index (χ3n) is 5.20. The largest absolute Gasteiger partial charge is 0.459 e. The van der Waals surface area contributed by atoms with Gasteiger partial charge in [0.1, 0.15) is 5.82 Å². The van der Waals surface area contributed by atoms with E-state index in [0.717, 1.165) is 10.4 Å². The standard InChI is InChI=1S/C22H21FN2O3S/c23-17-7-5-15(6-8-17)20(19-4-2-14-29-19)24-21(26)16-9-11-25(12-10-16)22(27)18-3-1-13-28-18/h1-8,13-14,16,20H,9-12H2,(H,24,26). The molecular formula is C22H21FN2O3S. The lowest BCUT2D eigenvalue weighted by atomic mass is 9.94. The molecule has 0 bridgehead atoms. The zero-order valence-corrected chi connectivity index (χ0v) is 16.5. The smallest absolute Gasteiger partial charge is 0.289 e. The topological polar surface area (TPSA) is 62.6 Å².